The average Bonchev–Trinajstić information content (AvgIpc) is 2.40. The van der Waals surface area contributed by atoms with Gasteiger partial charge < -0.3 is 5.32 Å². The topological polar surface area (TPSA) is 12.0 Å². The van der Waals surface area contributed by atoms with Gasteiger partial charge in [0.2, 0.25) is 0 Å². The molecule has 1 aliphatic carbocycles. The first-order chi connectivity index (χ1) is 9.70. The summed E-state index contributed by atoms with van der Waals surface area (Å²) in [6.07, 6.45) is 8.76. The van der Waals surface area contributed by atoms with Gasteiger partial charge in [0.1, 0.15) is 5.82 Å². The van der Waals surface area contributed by atoms with Crippen molar-refractivity contribution in [3.05, 3.63) is 35.6 Å². The van der Waals surface area contributed by atoms with Gasteiger partial charge in [-0.3, -0.25) is 0 Å². The minimum atomic E-state index is -0.0384. The van der Waals surface area contributed by atoms with Crippen LogP contribution in [0.2, 0.25) is 0 Å². The highest BCUT2D eigenvalue weighted by atomic mass is 19.1. The predicted octanol–water partition coefficient (Wildman–Crippen LogP) is 5.02. The molecule has 0 aliphatic heterocycles. The van der Waals surface area contributed by atoms with E-state index in [1.165, 1.54) is 32.1 Å². The molecule has 0 aromatic heterocycles. The van der Waals surface area contributed by atoms with Gasteiger partial charge in [-0.15, -0.1) is 0 Å². The third-order valence-corrected chi connectivity index (χ3v) is 4.49. The molecule has 0 saturated heterocycles. The summed E-state index contributed by atoms with van der Waals surface area (Å²) < 4.78 is 13.7. The third kappa shape index (κ3) is 4.31. The molecule has 112 valence electrons. The molecule has 1 atom stereocenters. The minimum absolute atomic E-state index is 0.0384. The van der Waals surface area contributed by atoms with Crippen LogP contribution in [-0.2, 0) is 0 Å². The first kappa shape index (κ1) is 15.5. The van der Waals surface area contributed by atoms with Gasteiger partial charge in [0, 0.05) is 12.1 Å². The minimum Gasteiger partial charge on any atom is -0.311 e. The summed E-state index contributed by atoms with van der Waals surface area (Å²) in [7, 11) is 0. The highest BCUT2D eigenvalue weighted by Crippen LogP contribution is 2.38. The summed E-state index contributed by atoms with van der Waals surface area (Å²) in [6.45, 7) is 4.53. The zero-order valence-corrected chi connectivity index (χ0v) is 12.9. The molecule has 1 aromatic carbocycles. The lowest BCUT2D eigenvalue weighted by Gasteiger charge is -2.38. The van der Waals surface area contributed by atoms with Crippen molar-refractivity contribution in [2.75, 3.05) is 0 Å². The average molecular weight is 277 g/mol. The zero-order valence-electron chi connectivity index (χ0n) is 12.9. The fourth-order valence-corrected chi connectivity index (χ4v) is 3.18. The highest BCUT2D eigenvalue weighted by Gasteiger charge is 2.32. The van der Waals surface area contributed by atoms with Gasteiger partial charge in [-0.25, -0.2) is 4.39 Å². The van der Waals surface area contributed by atoms with Crippen molar-refractivity contribution in [1.29, 1.82) is 0 Å². The molecular weight excluding hydrogens is 249 g/mol. The lowest BCUT2D eigenvalue weighted by Crippen LogP contribution is -2.44. The van der Waals surface area contributed by atoms with Gasteiger partial charge in [0.15, 0.2) is 0 Å². The molecule has 1 N–H and O–H groups in total. The molecule has 1 fully saturated rings. The van der Waals surface area contributed by atoms with Gasteiger partial charge in [-0.2, -0.15) is 0 Å². The van der Waals surface area contributed by atoms with Crippen LogP contribution < -0.4 is 5.32 Å². The lowest BCUT2D eigenvalue weighted by molar-refractivity contribution is 0.259. The van der Waals surface area contributed by atoms with Crippen molar-refractivity contribution < 1.29 is 4.39 Å². The molecule has 1 saturated carbocycles. The van der Waals surface area contributed by atoms with Gasteiger partial charge >= 0.3 is 0 Å². The Kier molecular flexibility index (Phi) is 6.03. The van der Waals surface area contributed by atoms with Crippen molar-refractivity contribution in [1.82, 2.24) is 5.32 Å². The Balaban J connectivity index is 1.65. The van der Waals surface area contributed by atoms with Gasteiger partial charge in [0.05, 0.1) is 0 Å². The van der Waals surface area contributed by atoms with Crippen LogP contribution in [0.3, 0.4) is 0 Å². The third-order valence-electron chi connectivity index (χ3n) is 4.49. The van der Waals surface area contributed by atoms with E-state index in [0.29, 0.717) is 18.0 Å². The van der Waals surface area contributed by atoms with E-state index < -0.39 is 0 Å². The van der Waals surface area contributed by atoms with E-state index in [4.69, 9.17) is 0 Å². The predicted molar refractivity (Wildman–Crippen MR) is 83.5 cm³/mol. The molecule has 2 heteroatoms. The fraction of sp³-hybridized carbons (Fsp3) is 0.667. The van der Waals surface area contributed by atoms with E-state index >= 15 is 0 Å². The van der Waals surface area contributed by atoms with Crippen molar-refractivity contribution in [2.45, 2.75) is 76.8 Å². The second kappa shape index (κ2) is 7.78. The highest BCUT2D eigenvalue weighted by molar-refractivity contribution is 5.24. The summed E-state index contributed by atoms with van der Waals surface area (Å²) in [5.41, 5.74) is 0.904. The standard InChI is InChI=1S/C18H28FN/c1-3-4-5-6-9-14(2)20-16-12-15(13-16)17-10-7-8-11-18(17)19/h7-8,10-11,14-16,20H,3-6,9,12-13H2,1-2H3. The first-order valence-electron chi connectivity index (χ1n) is 8.21. The van der Waals surface area contributed by atoms with E-state index in [1.807, 2.05) is 12.1 Å². The molecule has 1 aromatic rings. The van der Waals surface area contributed by atoms with Gasteiger partial charge in [-0.1, -0.05) is 50.8 Å². The molecule has 0 radical (unpaired) electrons. The fourth-order valence-electron chi connectivity index (χ4n) is 3.18. The van der Waals surface area contributed by atoms with Crippen molar-refractivity contribution in [2.24, 2.45) is 0 Å². The summed E-state index contributed by atoms with van der Waals surface area (Å²) in [6, 6.07) is 8.40. The van der Waals surface area contributed by atoms with Crippen LogP contribution in [0.25, 0.3) is 0 Å². The number of rotatable bonds is 8. The SMILES string of the molecule is CCCCCCC(C)NC1CC(c2ccccc2F)C1. The molecule has 20 heavy (non-hydrogen) atoms. The summed E-state index contributed by atoms with van der Waals surface area (Å²) in [5.74, 6) is 0.379. The second-order valence-electron chi connectivity index (χ2n) is 6.30. The van der Waals surface area contributed by atoms with Crippen molar-refractivity contribution in [3.63, 3.8) is 0 Å². The van der Waals surface area contributed by atoms with Crippen molar-refractivity contribution in [3.8, 4) is 0 Å². The second-order valence-corrected chi connectivity index (χ2v) is 6.30. The Morgan fingerprint density at radius 1 is 1.20 bits per heavy atom. The van der Waals surface area contributed by atoms with Crippen LogP contribution in [0.5, 0.6) is 0 Å². The maximum atomic E-state index is 13.7. The van der Waals surface area contributed by atoms with Crippen LogP contribution >= 0.6 is 0 Å². The molecule has 0 heterocycles. The number of nitrogens with one attached hydrogen (secondary N) is 1. The van der Waals surface area contributed by atoms with Crippen molar-refractivity contribution >= 4 is 0 Å². The number of halogens is 1. The molecule has 1 nitrogen and oxygen atoms in total. The maximum Gasteiger partial charge on any atom is 0.126 e. The van der Waals surface area contributed by atoms with Gasteiger partial charge in [-0.05, 0) is 43.7 Å². The quantitative estimate of drug-likeness (QED) is 0.658. The van der Waals surface area contributed by atoms with Gasteiger partial charge in [0.25, 0.3) is 0 Å². The van der Waals surface area contributed by atoms with Crippen LogP contribution in [0, 0.1) is 5.82 Å². The first-order valence-corrected chi connectivity index (χ1v) is 8.21. The van der Waals surface area contributed by atoms with E-state index in [9.17, 15) is 4.39 Å². The van der Waals surface area contributed by atoms with Crippen LogP contribution in [0.4, 0.5) is 4.39 Å². The Labute approximate surface area is 123 Å². The monoisotopic (exact) mass is 277 g/mol. The molecule has 2 rings (SSSR count). The molecule has 1 unspecified atom stereocenters. The number of hydrogen-bond acceptors (Lipinski definition) is 1. The normalized spacial score (nSPS) is 23.4. The van der Waals surface area contributed by atoms with Crippen LogP contribution in [-0.4, -0.2) is 12.1 Å². The smallest absolute Gasteiger partial charge is 0.126 e. The summed E-state index contributed by atoms with van der Waals surface area (Å²) in [4.78, 5) is 0. The molecule has 0 bridgehead atoms. The Morgan fingerprint density at radius 3 is 2.65 bits per heavy atom. The number of unbranched alkanes of at least 4 members (excludes halogenated alkanes) is 3. The van der Waals surface area contributed by atoms with E-state index in [1.54, 1.807) is 12.1 Å². The van der Waals surface area contributed by atoms with Crippen LogP contribution in [0.15, 0.2) is 24.3 Å². The number of benzene rings is 1. The molecule has 0 spiro atoms. The van der Waals surface area contributed by atoms with Crippen LogP contribution in [0.1, 0.15) is 70.3 Å². The lowest BCUT2D eigenvalue weighted by atomic mass is 9.75. The number of hydrogen-bond donors (Lipinski definition) is 1. The molecule has 0 amide bonds. The van der Waals surface area contributed by atoms with E-state index in [0.717, 1.165) is 18.4 Å². The summed E-state index contributed by atoms with van der Waals surface area (Å²) in [5, 5.41) is 3.69. The Hall–Kier alpha value is -0.890. The molecule has 1 aliphatic rings. The summed E-state index contributed by atoms with van der Waals surface area (Å²) >= 11 is 0. The Bertz CT molecular complexity index is 398. The largest absolute Gasteiger partial charge is 0.311 e. The maximum absolute atomic E-state index is 13.7. The van der Waals surface area contributed by atoms with E-state index in [2.05, 4.69) is 19.2 Å². The zero-order chi connectivity index (χ0) is 14.4. The molecular formula is C18H28FN. The van der Waals surface area contributed by atoms with E-state index in [-0.39, 0.29) is 5.82 Å². The Morgan fingerprint density at radius 2 is 1.95 bits per heavy atom.